The highest BCUT2D eigenvalue weighted by Gasteiger charge is 2.29. The van der Waals surface area contributed by atoms with E-state index in [2.05, 4.69) is 20.7 Å². The summed E-state index contributed by atoms with van der Waals surface area (Å²) < 4.78 is 27.8. The molecule has 0 radical (unpaired) electrons. The number of anilines is 1. The average Bonchev–Trinajstić information content (AvgIpc) is 2.93. The van der Waals surface area contributed by atoms with E-state index in [4.69, 9.17) is 11.6 Å². The molecule has 4 rings (SSSR count). The third-order valence-electron chi connectivity index (χ3n) is 5.88. The number of hydrogen-bond acceptors (Lipinski definition) is 4. The second-order valence-electron chi connectivity index (χ2n) is 8.77. The van der Waals surface area contributed by atoms with Gasteiger partial charge < -0.3 is 16.0 Å². The summed E-state index contributed by atoms with van der Waals surface area (Å²) in [7, 11) is -4.13. The fraction of sp³-hybridized carbons (Fsp3) is 0.103. The molecule has 200 valence electrons. The number of halogens is 1. The van der Waals surface area contributed by atoms with E-state index >= 15 is 0 Å². The van der Waals surface area contributed by atoms with Crippen LogP contribution in [0.4, 0.5) is 15.3 Å². The average molecular weight is 563 g/mol. The fourth-order valence-corrected chi connectivity index (χ4v) is 4.99. The van der Waals surface area contributed by atoms with E-state index in [1.165, 1.54) is 12.1 Å². The Bertz CT molecular complexity index is 1520. The third kappa shape index (κ3) is 7.59. The third-order valence-corrected chi connectivity index (χ3v) is 7.48. The van der Waals surface area contributed by atoms with E-state index < -0.39 is 34.2 Å². The first-order valence-corrected chi connectivity index (χ1v) is 13.9. The number of urea groups is 2. The largest absolute Gasteiger partial charge is 0.329 e. The van der Waals surface area contributed by atoms with Gasteiger partial charge in [-0.25, -0.2) is 22.7 Å². The maximum Gasteiger partial charge on any atom is 0.329 e. The molecule has 0 aromatic heterocycles. The van der Waals surface area contributed by atoms with Gasteiger partial charge in [-0.1, -0.05) is 90.0 Å². The molecule has 0 saturated carbocycles. The first-order chi connectivity index (χ1) is 18.7. The van der Waals surface area contributed by atoms with Gasteiger partial charge >= 0.3 is 12.1 Å². The molecule has 0 saturated heterocycles. The molecule has 0 aliphatic heterocycles. The molecule has 0 bridgehead atoms. The van der Waals surface area contributed by atoms with Crippen LogP contribution in [0, 0.1) is 6.92 Å². The Hall–Kier alpha value is -4.34. The van der Waals surface area contributed by atoms with Crippen molar-refractivity contribution in [2.24, 2.45) is 0 Å². The van der Waals surface area contributed by atoms with Crippen LogP contribution in [0.15, 0.2) is 114 Å². The Kier molecular flexibility index (Phi) is 8.85. The number of benzene rings is 4. The van der Waals surface area contributed by atoms with Gasteiger partial charge in [0.1, 0.15) is 0 Å². The maximum absolute atomic E-state index is 13.1. The Labute approximate surface area is 232 Å². The molecule has 0 unspecified atom stereocenters. The summed E-state index contributed by atoms with van der Waals surface area (Å²) >= 11 is 5.94. The Morgan fingerprint density at radius 1 is 0.667 bits per heavy atom. The molecule has 0 fully saturated rings. The summed E-state index contributed by atoms with van der Waals surface area (Å²) in [4.78, 5) is 26.1. The van der Waals surface area contributed by atoms with E-state index in [-0.39, 0.29) is 4.90 Å². The molecule has 4 aromatic carbocycles. The normalized spacial score (nSPS) is 12.6. The zero-order chi connectivity index (χ0) is 27.8. The molecule has 0 spiro atoms. The van der Waals surface area contributed by atoms with Crippen molar-refractivity contribution in [3.8, 4) is 0 Å². The van der Waals surface area contributed by atoms with Gasteiger partial charge in [-0.2, -0.15) is 0 Å². The lowest BCUT2D eigenvalue weighted by Crippen LogP contribution is -2.46. The Balaban J connectivity index is 1.62. The number of aryl methyl sites for hydroxylation is 1. The molecule has 4 amide bonds. The summed E-state index contributed by atoms with van der Waals surface area (Å²) in [6, 6.07) is 27.8. The fourth-order valence-electron chi connectivity index (χ4n) is 3.95. The van der Waals surface area contributed by atoms with Gasteiger partial charge in [-0.05, 0) is 54.4 Å². The van der Waals surface area contributed by atoms with Crippen LogP contribution in [-0.4, -0.2) is 20.5 Å². The Morgan fingerprint density at radius 2 is 1.15 bits per heavy atom. The first-order valence-electron chi connectivity index (χ1n) is 12.0. The zero-order valence-corrected chi connectivity index (χ0v) is 22.5. The SMILES string of the molecule is Cc1ccc(S(=O)(=O)NC(=O)N[C@@H](c2ccccc2)[C@@H](NC(=O)Nc2ccc(Cl)cc2)c2ccccc2)cc1. The van der Waals surface area contributed by atoms with Crippen molar-refractivity contribution in [3.05, 3.63) is 131 Å². The van der Waals surface area contributed by atoms with Crippen LogP contribution < -0.4 is 20.7 Å². The second-order valence-corrected chi connectivity index (χ2v) is 10.9. The summed E-state index contributed by atoms with van der Waals surface area (Å²) in [5.41, 5.74) is 2.76. The minimum Gasteiger partial charge on any atom is -0.329 e. The van der Waals surface area contributed by atoms with Crippen LogP contribution in [-0.2, 0) is 10.0 Å². The first kappa shape index (κ1) is 27.7. The predicted molar refractivity (Wildman–Crippen MR) is 152 cm³/mol. The number of carbonyl (C=O) groups is 2. The predicted octanol–water partition coefficient (Wildman–Crippen LogP) is 5.94. The highest BCUT2D eigenvalue weighted by molar-refractivity contribution is 7.90. The van der Waals surface area contributed by atoms with Gasteiger partial charge in [0, 0.05) is 10.7 Å². The molecular weight excluding hydrogens is 536 g/mol. The van der Waals surface area contributed by atoms with Crippen molar-refractivity contribution < 1.29 is 18.0 Å². The van der Waals surface area contributed by atoms with E-state index in [0.29, 0.717) is 21.8 Å². The molecule has 0 aliphatic carbocycles. The van der Waals surface area contributed by atoms with Crippen LogP contribution in [0.5, 0.6) is 0 Å². The van der Waals surface area contributed by atoms with Gasteiger partial charge in [0.05, 0.1) is 17.0 Å². The molecular formula is C29H27ClN4O4S. The summed E-state index contributed by atoms with van der Waals surface area (Å²) in [5, 5.41) is 8.97. The number of hydrogen-bond donors (Lipinski definition) is 4. The van der Waals surface area contributed by atoms with Crippen LogP contribution >= 0.6 is 11.6 Å². The lowest BCUT2D eigenvalue weighted by molar-refractivity contribution is 0.232. The van der Waals surface area contributed by atoms with Crippen LogP contribution in [0.25, 0.3) is 0 Å². The van der Waals surface area contributed by atoms with E-state index in [9.17, 15) is 18.0 Å². The van der Waals surface area contributed by atoms with Gasteiger partial charge in [0.15, 0.2) is 0 Å². The van der Waals surface area contributed by atoms with Crippen LogP contribution in [0.3, 0.4) is 0 Å². The van der Waals surface area contributed by atoms with Crippen molar-refractivity contribution in [3.63, 3.8) is 0 Å². The number of amides is 4. The molecule has 0 heterocycles. The molecule has 2 atom stereocenters. The maximum atomic E-state index is 13.1. The second kappa shape index (κ2) is 12.5. The standard InChI is InChI=1S/C29H27ClN4O4S/c1-20-12-18-25(19-13-20)39(37,38)34-29(36)33-27(22-10-6-3-7-11-22)26(21-8-4-2-5-9-21)32-28(35)31-24-16-14-23(30)15-17-24/h2-19,26-27H,1H3,(H2,31,32,35)(H2,33,34,36)/t26-,27-/m0/s1. The molecule has 4 aromatic rings. The van der Waals surface area contributed by atoms with Crippen molar-refractivity contribution in [1.29, 1.82) is 0 Å². The van der Waals surface area contributed by atoms with E-state index in [1.807, 2.05) is 43.3 Å². The number of nitrogens with one attached hydrogen (secondary N) is 4. The quantitative estimate of drug-likeness (QED) is 0.213. The summed E-state index contributed by atoms with van der Waals surface area (Å²) in [6.45, 7) is 1.83. The summed E-state index contributed by atoms with van der Waals surface area (Å²) in [6.07, 6.45) is 0. The smallest absolute Gasteiger partial charge is 0.329 e. The Morgan fingerprint density at radius 3 is 1.67 bits per heavy atom. The lowest BCUT2D eigenvalue weighted by atomic mass is 9.93. The van der Waals surface area contributed by atoms with Crippen molar-refractivity contribution in [2.45, 2.75) is 23.9 Å². The van der Waals surface area contributed by atoms with Crippen molar-refractivity contribution >= 4 is 39.4 Å². The zero-order valence-electron chi connectivity index (χ0n) is 21.0. The van der Waals surface area contributed by atoms with Gasteiger partial charge in [-0.3, -0.25) is 0 Å². The number of sulfonamides is 1. The number of carbonyl (C=O) groups excluding carboxylic acids is 2. The molecule has 8 nitrogen and oxygen atoms in total. The highest BCUT2D eigenvalue weighted by Crippen LogP contribution is 2.29. The van der Waals surface area contributed by atoms with E-state index in [0.717, 1.165) is 5.56 Å². The minimum absolute atomic E-state index is 0.0420. The van der Waals surface area contributed by atoms with E-state index in [1.54, 1.807) is 60.7 Å². The number of rotatable bonds is 8. The highest BCUT2D eigenvalue weighted by atomic mass is 35.5. The van der Waals surface area contributed by atoms with Gasteiger partial charge in [0.25, 0.3) is 10.0 Å². The lowest BCUT2D eigenvalue weighted by Gasteiger charge is -2.30. The van der Waals surface area contributed by atoms with Crippen LogP contribution in [0.1, 0.15) is 28.8 Å². The van der Waals surface area contributed by atoms with Crippen molar-refractivity contribution in [2.75, 3.05) is 5.32 Å². The van der Waals surface area contributed by atoms with Gasteiger partial charge in [0.2, 0.25) is 0 Å². The monoisotopic (exact) mass is 562 g/mol. The molecule has 10 heteroatoms. The molecule has 4 N–H and O–H groups in total. The summed E-state index contributed by atoms with van der Waals surface area (Å²) in [5.74, 6) is 0. The van der Waals surface area contributed by atoms with Crippen LogP contribution in [0.2, 0.25) is 5.02 Å². The van der Waals surface area contributed by atoms with Crippen molar-refractivity contribution in [1.82, 2.24) is 15.4 Å². The minimum atomic E-state index is -4.13. The molecule has 39 heavy (non-hydrogen) atoms. The van der Waals surface area contributed by atoms with Gasteiger partial charge in [-0.15, -0.1) is 0 Å². The topological polar surface area (TPSA) is 116 Å². The molecule has 0 aliphatic rings.